The van der Waals surface area contributed by atoms with E-state index in [9.17, 15) is 0 Å². The van der Waals surface area contributed by atoms with Crippen LogP contribution >= 0.6 is 0 Å². The van der Waals surface area contributed by atoms with Crippen LogP contribution in [0.15, 0.2) is 36.4 Å². The van der Waals surface area contributed by atoms with Crippen LogP contribution < -0.4 is 0 Å². The molecule has 3 rings (SSSR count). The number of unbranched alkanes of at least 4 members (excludes halogenated alkanes) is 2. The van der Waals surface area contributed by atoms with Gasteiger partial charge < -0.3 is 14.2 Å². The minimum atomic E-state index is 0.0269. The van der Waals surface area contributed by atoms with Crippen molar-refractivity contribution in [2.24, 2.45) is 0 Å². The van der Waals surface area contributed by atoms with Gasteiger partial charge >= 0.3 is 0 Å². The molecule has 4 nitrogen and oxygen atoms in total. The number of hydrogen-bond acceptors (Lipinski definition) is 4. The first-order valence-electron chi connectivity index (χ1n) is 10.0. The molecule has 0 bridgehead atoms. The number of nitrogens with zero attached hydrogens (tertiary/aromatic N) is 1. The van der Waals surface area contributed by atoms with Gasteiger partial charge in [0.15, 0.2) is 6.29 Å². The topological polar surface area (TPSA) is 40.6 Å². The van der Waals surface area contributed by atoms with Crippen molar-refractivity contribution in [2.75, 3.05) is 19.8 Å². The second kappa shape index (κ2) is 11.7. The van der Waals surface area contributed by atoms with E-state index in [1.165, 1.54) is 6.42 Å². The number of pyridine rings is 1. The number of fused-ring (bicyclic) bond motifs is 1. The van der Waals surface area contributed by atoms with Crippen LogP contribution in [0.2, 0.25) is 0 Å². The first kappa shape index (κ1) is 19.8. The van der Waals surface area contributed by atoms with Gasteiger partial charge in [-0.1, -0.05) is 24.3 Å². The van der Waals surface area contributed by atoms with Gasteiger partial charge in [0.05, 0.1) is 24.4 Å². The molecule has 27 heavy (non-hydrogen) atoms. The van der Waals surface area contributed by atoms with Gasteiger partial charge in [-0.05, 0) is 44.2 Å². The molecule has 1 atom stereocenters. The molecule has 4 heteroatoms. The van der Waals surface area contributed by atoms with Crippen LogP contribution in [0.1, 0.15) is 50.6 Å². The van der Waals surface area contributed by atoms with Crippen LogP contribution in [0, 0.1) is 11.8 Å². The molecule has 0 N–H and O–H groups in total. The average molecular weight is 367 g/mol. The Hall–Kier alpha value is -1.93. The summed E-state index contributed by atoms with van der Waals surface area (Å²) in [6.07, 6.45) is 7.24. The van der Waals surface area contributed by atoms with E-state index in [-0.39, 0.29) is 6.29 Å². The van der Waals surface area contributed by atoms with E-state index >= 15 is 0 Å². The molecule has 2 aromatic rings. The van der Waals surface area contributed by atoms with Crippen LogP contribution in [0.5, 0.6) is 0 Å². The van der Waals surface area contributed by atoms with Crippen molar-refractivity contribution in [1.82, 2.24) is 4.98 Å². The molecule has 0 amide bonds. The van der Waals surface area contributed by atoms with E-state index in [1.807, 2.05) is 24.3 Å². The Balaban J connectivity index is 1.20. The molecule has 1 unspecified atom stereocenters. The summed E-state index contributed by atoms with van der Waals surface area (Å²) in [5, 5.41) is 1.16. The molecule has 1 aliphatic heterocycles. The highest BCUT2D eigenvalue weighted by Gasteiger charge is 2.13. The quantitative estimate of drug-likeness (QED) is 0.469. The van der Waals surface area contributed by atoms with E-state index in [0.717, 1.165) is 68.3 Å². The second-order valence-electron chi connectivity index (χ2n) is 6.78. The molecule has 0 saturated carbocycles. The van der Waals surface area contributed by atoms with Gasteiger partial charge in [0.25, 0.3) is 0 Å². The third-order valence-electron chi connectivity index (χ3n) is 4.54. The smallest absolute Gasteiger partial charge is 0.157 e. The van der Waals surface area contributed by atoms with Crippen molar-refractivity contribution in [3.8, 4) is 11.8 Å². The summed E-state index contributed by atoms with van der Waals surface area (Å²) >= 11 is 0. The van der Waals surface area contributed by atoms with Crippen molar-refractivity contribution in [2.45, 2.75) is 57.8 Å². The van der Waals surface area contributed by atoms with Crippen LogP contribution in [0.25, 0.3) is 10.9 Å². The van der Waals surface area contributed by atoms with Gasteiger partial charge in [-0.25, -0.2) is 0 Å². The molecular formula is C23H29NO3. The first-order valence-corrected chi connectivity index (χ1v) is 10.0. The predicted octanol–water partition coefficient (Wildman–Crippen LogP) is 4.86. The summed E-state index contributed by atoms with van der Waals surface area (Å²) in [7, 11) is 0. The molecule has 144 valence electrons. The predicted molar refractivity (Wildman–Crippen MR) is 107 cm³/mol. The Labute approximate surface area is 162 Å². The molecule has 0 radical (unpaired) electrons. The molecular weight excluding hydrogens is 338 g/mol. The maximum Gasteiger partial charge on any atom is 0.157 e. The minimum Gasteiger partial charge on any atom is -0.374 e. The van der Waals surface area contributed by atoms with Crippen LogP contribution in [-0.2, 0) is 20.8 Å². The third-order valence-corrected chi connectivity index (χ3v) is 4.54. The molecule has 2 heterocycles. The van der Waals surface area contributed by atoms with Gasteiger partial charge in [0, 0.05) is 31.4 Å². The fraction of sp³-hybridized carbons (Fsp3) is 0.522. The van der Waals surface area contributed by atoms with Gasteiger partial charge in [-0.15, -0.1) is 11.8 Å². The van der Waals surface area contributed by atoms with Gasteiger partial charge in [0.2, 0.25) is 0 Å². The lowest BCUT2D eigenvalue weighted by atomic mass is 10.2. The Morgan fingerprint density at radius 3 is 2.85 bits per heavy atom. The Bertz CT molecular complexity index is 744. The largest absolute Gasteiger partial charge is 0.374 e. The molecule has 1 saturated heterocycles. The molecule has 1 aromatic carbocycles. The van der Waals surface area contributed by atoms with Gasteiger partial charge in [-0.2, -0.15) is 0 Å². The third kappa shape index (κ3) is 7.30. The maximum atomic E-state index is 5.72. The minimum absolute atomic E-state index is 0.0269. The summed E-state index contributed by atoms with van der Waals surface area (Å²) in [6, 6.07) is 12.2. The molecule has 0 aliphatic carbocycles. The lowest BCUT2D eigenvalue weighted by molar-refractivity contribution is -0.162. The van der Waals surface area contributed by atoms with Crippen LogP contribution in [0.3, 0.4) is 0 Å². The van der Waals surface area contributed by atoms with Crippen molar-refractivity contribution >= 4 is 10.9 Å². The highest BCUT2D eigenvalue weighted by molar-refractivity contribution is 5.78. The number of rotatable bonds is 9. The highest BCUT2D eigenvalue weighted by Crippen LogP contribution is 2.14. The van der Waals surface area contributed by atoms with E-state index in [2.05, 4.69) is 29.0 Å². The van der Waals surface area contributed by atoms with Crippen LogP contribution in [0.4, 0.5) is 0 Å². The number of ether oxygens (including phenoxy) is 3. The van der Waals surface area contributed by atoms with Crippen molar-refractivity contribution in [1.29, 1.82) is 0 Å². The zero-order chi connectivity index (χ0) is 18.6. The fourth-order valence-corrected chi connectivity index (χ4v) is 3.04. The fourth-order valence-electron chi connectivity index (χ4n) is 3.04. The second-order valence-corrected chi connectivity index (χ2v) is 6.78. The van der Waals surface area contributed by atoms with Crippen LogP contribution in [-0.4, -0.2) is 31.1 Å². The number of hydrogen-bond donors (Lipinski definition) is 0. The summed E-state index contributed by atoms with van der Waals surface area (Å²) in [5.41, 5.74) is 1.97. The van der Waals surface area contributed by atoms with E-state index in [1.54, 1.807) is 0 Å². The summed E-state index contributed by atoms with van der Waals surface area (Å²) in [6.45, 7) is 2.79. The Morgan fingerprint density at radius 2 is 1.93 bits per heavy atom. The van der Waals surface area contributed by atoms with Gasteiger partial charge in [0.1, 0.15) is 0 Å². The maximum absolute atomic E-state index is 5.72. The molecule has 1 aliphatic rings. The van der Waals surface area contributed by atoms with Crippen molar-refractivity contribution in [3.05, 3.63) is 42.1 Å². The summed E-state index contributed by atoms with van der Waals surface area (Å²) in [5.74, 6) is 6.39. The van der Waals surface area contributed by atoms with E-state index in [0.29, 0.717) is 13.2 Å². The normalized spacial score (nSPS) is 16.8. The highest BCUT2D eigenvalue weighted by atomic mass is 16.7. The molecule has 0 spiro atoms. The van der Waals surface area contributed by atoms with Gasteiger partial charge in [-0.3, -0.25) is 4.98 Å². The zero-order valence-electron chi connectivity index (χ0n) is 16.0. The molecule has 1 fully saturated rings. The molecule has 1 aromatic heterocycles. The number of para-hydroxylation sites is 1. The Kier molecular flexibility index (Phi) is 8.60. The number of benzene rings is 1. The lowest BCUT2D eigenvalue weighted by Gasteiger charge is -2.22. The number of aromatic nitrogens is 1. The summed E-state index contributed by atoms with van der Waals surface area (Å²) < 4.78 is 16.9. The first-order chi connectivity index (χ1) is 13.4. The summed E-state index contributed by atoms with van der Waals surface area (Å²) in [4.78, 5) is 4.60. The Morgan fingerprint density at radius 1 is 1.00 bits per heavy atom. The lowest BCUT2D eigenvalue weighted by Crippen LogP contribution is -2.22. The standard InChI is InChI=1S/C23H29NO3/c1(2-4-9-17-26-23-13-7-10-18-27-23)3-8-16-25-19-21-15-14-20-11-5-6-12-22(20)24-21/h5-6,11-12,14-15,23H,2,4,7-10,13,16-19H2. The zero-order valence-corrected chi connectivity index (χ0v) is 16.0. The monoisotopic (exact) mass is 367 g/mol. The van der Waals surface area contributed by atoms with Crippen molar-refractivity contribution in [3.63, 3.8) is 0 Å². The van der Waals surface area contributed by atoms with Crippen molar-refractivity contribution < 1.29 is 14.2 Å². The van der Waals surface area contributed by atoms with E-state index in [4.69, 9.17) is 14.2 Å². The SMILES string of the molecule is C(#CCCOCc1ccc2ccccc2n1)CCCCOC1CCCCO1. The van der Waals surface area contributed by atoms with E-state index < -0.39 is 0 Å². The average Bonchev–Trinajstić information content (AvgIpc) is 2.72.